The molecule has 0 fully saturated rings. The van der Waals surface area contributed by atoms with Crippen molar-refractivity contribution in [1.82, 2.24) is 9.97 Å². The zero-order valence-electron chi connectivity index (χ0n) is 13.7. The molecule has 0 unspecified atom stereocenters. The highest BCUT2D eigenvalue weighted by atomic mass is 35.5. The van der Waals surface area contributed by atoms with E-state index in [1.165, 1.54) is 18.3 Å². The molecule has 0 aliphatic heterocycles. The number of hydrogen-bond acceptors (Lipinski definition) is 3. The van der Waals surface area contributed by atoms with Gasteiger partial charge in [-0.15, -0.1) is 0 Å². The number of nitrogens with zero attached hydrogens (tertiary/aromatic N) is 2. The first-order valence-corrected chi connectivity index (χ1v) is 7.99. The summed E-state index contributed by atoms with van der Waals surface area (Å²) < 4.78 is 13.0. The second-order valence-corrected chi connectivity index (χ2v) is 6.02. The summed E-state index contributed by atoms with van der Waals surface area (Å²) in [6, 6.07) is 11.2. The molecule has 25 heavy (non-hydrogen) atoms. The fourth-order valence-electron chi connectivity index (χ4n) is 2.30. The number of anilines is 1. The van der Waals surface area contributed by atoms with Gasteiger partial charge in [-0.3, -0.25) is 4.79 Å². The minimum Gasteiger partial charge on any atom is -0.322 e. The van der Waals surface area contributed by atoms with Crippen molar-refractivity contribution in [2.75, 3.05) is 5.32 Å². The van der Waals surface area contributed by atoms with E-state index >= 15 is 0 Å². The van der Waals surface area contributed by atoms with Gasteiger partial charge in [-0.25, -0.2) is 14.4 Å². The Kier molecular flexibility index (Phi) is 4.76. The van der Waals surface area contributed by atoms with Crippen LogP contribution in [0.15, 0.2) is 48.7 Å². The Morgan fingerprint density at radius 3 is 2.48 bits per heavy atom. The number of hydrogen-bond donors (Lipinski definition) is 1. The maximum atomic E-state index is 13.0. The van der Waals surface area contributed by atoms with Crippen LogP contribution in [0.3, 0.4) is 0 Å². The van der Waals surface area contributed by atoms with E-state index in [-0.39, 0.29) is 11.7 Å². The Morgan fingerprint density at radius 2 is 1.84 bits per heavy atom. The highest BCUT2D eigenvalue weighted by Crippen LogP contribution is 2.21. The molecule has 3 rings (SSSR count). The SMILES string of the molecule is Cc1ccc(NC(=O)c2cnc(-c3ccc(F)cc3)nc2C)cc1Cl. The standard InChI is InChI=1S/C19H15ClFN3O/c1-11-3-8-15(9-17(11)20)24-19(25)16-10-22-18(23-12(16)2)13-4-6-14(21)7-5-13/h3-10H,1-2H3,(H,24,25). The van der Waals surface area contributed by atoms with E-state index in [2.05, 4.69) is 15.3 Å². The molecule has 1 N–H and O–H groups in total. The lowest BCUT2D eigenvalue weighted by atomic mass is 10.1. The Morgan fingerprint density at radius 1 is 1.12 bits per heavy atom. The maximum absolute atomic E-state index is 13.0. The first kappa shape index (κ1) is 17.0. The molecular weight excluding hydrogens is 341 g/mol. The highest BCUT2D eigenvalue weighted by molar-refractivity contribution is 6.31. The molecular formula is C19H15ClFN3O. The van der Waals surface area contributed by atoms with Gasteiger partial charge in [-0.05, 0) is 55.8 Å². The van der Waals surface area contributed by atoms with E-state index in [4.69, 9.17) is 11.6 Å². The third-order valence-electron chi connectivity index (χ3n) is 3.76. The fourth-order valence-corrected chi connectivity index (χ4v) is 2.48. The number of carbonyl (C=O) groups is 1. The number of benzene rings is 2. The van der Waals surface area contributed by atoms with Gasteiger partial charge in [0.15, 0.2) is 5.82 Å². The van der Waals surface area contributed by atoms with Crippen LogP contribution in [0.1, 0.15) is 21.6 Å². The fraction of sp³-hybridized carbons (Fsp3) is 0.105. The second kappa shape index (κ2) is 6.99. The average Bonchev–Trinajstić information content (AvgIpc) is 2.58. The van der Waals surface area contributed by atoms with Crippen molar-refractivity contribution < 1.29 is 9.18 Å². The molecule has 1 amide bonds. The number of aryl methyl sites for hydroxylation is 2. The Labute approximate surface area is 149 Å². The van der Waals surface area contributed by atoms with Crippen molar-refractivity contribution in [2.24, 2.45) is 0 Å². The number of amides is 1. The van der Waals surface area contributed by atoms with Gasteiger partial charge in [-0.2, -0.15) is 0 Å². The van der Waals surface area contributed by atoms with Crippen LogP contribution in [0.2, 0.25) is 5.02 Å². The molecule has 0 aliphatic rings. The summed E-state index contributed by atoms with van der Waals surface area (Å²) >= 11 is 6.07. The molecule has 0 saturated carbocycles. The summed E-state index contributed by atoms with van der Waals surface area (Å²) in [4.78, 5) is 21.0. The molecule has 6 heteroatoms. The summed E-state index contributed by atoms with van der Waals surface area (Å²) in [5.74, 6) is -0.205. The van der Waals surface area contributed by atoms with Crippen LogP contribution in [0, 0.1) is 19.7 Å². The molecule has 2 aromatic carbocycles. The molecule has 0 atom stereocenters. The van der Waals surface area contributed by atoms with Crippen LogP contribution in [0.4, 0.5) is 10.1 Å². The monoisotopic (exact) mass is 355 g/mol. The predicted octanol–water partition coefficient (Wildman–Crippen LogP) is 4.81. The van der Waals surface area contributed by atoms with E-state index in [1.807, 2.05) is 13.0 Å². The third-order valence-corrected chi connectivity index (χ3v) is 4.16. The third kappa shape index (κ3) is 3.83. The van der Waals surface area contributed by atoms with Crippen LogP contribution in [-0.4, -0.2) is 15.9 Å². The second-order valence-electron chi connectivity index (χ2n) is 5.62. The zero-order valence-corrected chi connectivity index (χ0v) is 14.4. The number of rotatable bonds is 3. The van der Waals surface area contributed by atoms with Gasteiger partial charge in [0, 0.05) is 22.5 Å². The average molecular weight is 356 g/mol. The number of nitrogens with one attached hydrogen (secondary N) is 1. The van der Waals surface area contributed by atoms with Crippen molar-refractivity contribution in [1.29, 1.82) is 0 Å². The van der Waals surface area contributed by atoms with Crippen molar-refractivity contribution in [3.63, 3.8) is 0 Å². The summed E-state index contributed by atoms with van der Waals surface area (Å²) in [5, 5.41) is 3.36. The van der Waals surface area contributed by atoms with Gasteiger partial charge >= 0.3 is 0 Å². The lowest BCUT2D eigenvalue weighted by molar-refractivity contribution is 0.102. The molecule has 0 aliphatic carbocycles. The van der Waals surface area contributed by atoms with Gasteiger partial charge in [-0.1, -0.05) is 17.7 Å². The van der Waals surface area contributed by atoms with E-state index in [1.54, 1.807) is 31.2 Å². The van der Waals surface area contributed by atoms with Crippen molar-refractivity contribution in [3.8, 4) is 11.4 Å². The summed E-state index contributed by atoms with van der Waals surface area (Å²) in [6.45, 7) is 3.62. The molecule has 3 aromatic rings. The van der Waals surface area contributed by atoms with Gasteiger partial charge in [0.2, 0.25) is 0 Å². The lowest BCUT2D eigenvalue weighted by Crippen LogP contribution is -2.15. The summed E-state index contributed by atoms with van der Waals surface area (Å²) in [5.41, 5.74) is 3.11. The van der Waals surface area contributed by atoms with Crippen LogP contribution >= 0.6 is 11.6 Å². The molecule has 126 valence electrons. The first-order valence-electron chi connectivity index (χ1n) is 7.61. The van der Waals surface area contributed by atoms with Crippen LogP contribution in [0.5, 0.6) is 0 Å². The molecule has 1 heterocycles. The van der Waals surface area contributed by atoms with Gasteiger partial charge < -0.3 is 5.32 Å². The maximum Gasteiger partial charge on any atom is 0.259 e. The van der Waals surface area contributed by atoms with Crippen LogP contribution in [0.25, 0.3) is 11.4 Å². The molecule has 0 radical (unpaired) electrons. The van der Waals surface area contributed by atoms with Crippen LogP contribution < -0.4 is 5.32 Å². The molecule has 4 nitrogen and oxygen atoms in total. The minimum atomic E-state index is -0.326. The minimum absolute atomic E-state index is 0.317. The smallest absolute Gasteiger partial charge is 0.259 e. The van der Waals surface area contributed by atoms with Crippen LogP contribution in [-0.2, 0) is 0 Å². The highest BCUT2D eigenvalue weighted by Gasteiger charge is 2.13. The molecule has 0 spiro atoms. The predicted molar refractivity (Wildman–Crippen MR) is 96.3 cm³/mol. The van der Waals surface area contributed by atoms with E-state index in [0.29, 0.717) is 33.4 Å². The Hall–Kier alpha value is -2.79. The Balaban J connectivity index is 1.83. The van der Waals surface area contributed by atoms with E-state index in [9.17, 15) is 9.18 Å². The molecule has 0 saturated heterocycles. The van der Waals surface area contributed by atoms with Gasteiger partial charge in [0.25, 0.3) is 5.91 Å². The normalized spacial score (nSPS) is 10.6. The Bertz CT molecular complexity index is 942. The molecule has 1 aromatic heterocycles. The molecule has 0 bridgehead atoms. The lowest BCUT2D eigenvalue weighted by Gasteiger charge is -2.09. The summed E-state index contributed by atoms with van der Waals surface area (Å²) in [7, 11) is 0. The van der Waals surface area contributed by atoms with Crippen molar-refractivity contribution >= 4 is 23.2 Å². The summed E-state index contributed by atoms with van der Waals surface area (Å²) in [6.07, 6.45) is 1.46. The topological polar surface area (TPSA) is 54.9 Å². The van der Waals surface area contributed by atoms with Gasteiger partial charge in [0.05, 0.1) is 11.3 Å². The zero-order chi connectivity index (χ0) is 18.0. The van der Waals surface area contributed by atoms with Gasteiger partial charge in [0.1, 0.15) is 5.82 Å². The number of carbonyl (C=O) groups excluding carboxylic acids is 1. The number of halogens is 2. The van der Waals surface area contributed by atoms with Crippen molar-refractivity contribution in [3.05, 3.63) is 76.3 Å². The first-order chi connectivity index (χ1) is 11.9. The van der Waals surface area contributed by atoms with E-state index in [0.717, 1.165) is 5.56 Å². The number of aromatic nitrogens is 2. The quantitative estimate of drug-likeness (QED) is 0.733. The largest absolute Gasteiger partial charge is 0.322 e. The van der Waals surface area contributed by atoms with Crippen molar-refractivity contribution in [2.45, 2.75) is 13.8 Å². The van der Waals surface area contributed by atoms with E-state index < -0.39 is 0 Å².